The van der Waals surface area contributed by atoms with Crippen molar-refractivity contribution in [3.8, 4) is 27.3 Å². The quantitative estimate of drug-likeness (QED) is 0.0812. The highest BCUT2D eigenvalue weighted by Gasteiger charge is 2.44. The van der Waals surface area contributed by atoms with Crippen LogP contribution in [0.4, 0.5) is 10.2 Å². The molecule has 0 aliphatic carbocycles. The second kappa shape index (κ2) is 20.9. The van der Waals surface area contributed by atoms with Crippen LogP contribution in [0, 0.1) is 18.2 Å². The number of halogens is 3. The molecule has 0 unspecified atom stereocenters. The van der Waals surface area contributed by atoms with Crippen LogP contribution in [0.2, 0.25) is 10.0 Å². The third-order valence-corrected chi connectivity index (χ3v) is 13.8. The number of hydrogen-bond donors (Lipinski definition) is 4. The number of nitrogens with one attached hydrogen (secondary N) is 2. The zero-order chi connectivity index (χ0) is 47.3. The molecular formula is C47H54Cl2FN9O6S. The van der Waals surface area contributed by atoms with Crippen molar-refractivity contribution in [2.45, 2.75) is 97.0 Å². The average molecular weight is 963 g/mol. The van der Waals surface area contributed by atoms with E-state index < -0.39 is 47.1 Å². The first-order valence-corrected chi connectivity index (χ1v) is 23.5. The van der Waals surface area contributed by atoms with Gasteiger partial charge in [0.25, 0.3) is 0 Å². The molecule has 4 amide bonds. The number of nitrogen functional groups attached to an aromatic ring is 1. The molecule has 2 aromatic carbocycles. The zero-order valence-corrected chi connectivity index (χ0v) is 39.6. The first-order chi connectivity index (χ1) is 31.5. The number of ether oxygens (including phenoxy) is 1. The largest absolute Gasteiger partial charge is 0.489 e. The molecule has 0 radical (unpaired) electrons. The summed E-state index contributed by atoms with van der Waals surface area (Å²) in [5, 5.41) is 21.3. The molecule has 5 N–H and O–H groups in total. The van der Waals surface area contributed by atoms with Gasteiger partial charge in [-0.2, -0.15) is 5.10 Å². The van der Waals surface area contributed by atoms with Crippen LogP contribution in [-0.4, -0.2) is 103 Å². The Kier molecular flexibility index (Phi) is 15.3. The second-order valence-electron chi connectivity index (χ2n) is 17.8. The number of carbonyl (C=O) groups is 4. The fourth-order valence-corrected chi connectivity index (χ4v) is 9.62. The lowest BCUT2D eigenvalue weighted by Gasteiger charge is -2.35. The normalized spacial score (nSPS) is 17.2. The minimum absolute atomic E-state index is 0.0309. The molecule has 5 heterocycles. The predicted octanol–water partition coefficient (Wildman–Crippen LogP) is 6.78. The van der Waals surface area contributed by atoms with Gasteiger partial charge in [-0.3, -0.25) is 23.9 Å². The molecule has 2 aliphatic rings. The summed E-state index contributed by atoms with van der Waals surface area (Å²) < 4.78 is 21.7. The Morgan fingerprint density at radius 2 is 1.76 bits per heavy atom. The van der Waals surface area contributed by atoms with Gasteiger partial charge in [-0.15, -0.1) is 11.3 Å². The van der Waals surface area contributed by atoms with Gasteiger partial charge in [0.2, 0.25) is 23.6 Å². The van der Waals surface area contributed by atoms with Gasteiger partial charge in [0.1, 0.15) is 17.9 Å². The number of piperidine rings is 1. The lowest BCUT2D eigenvalue weighted by Crippen LogP contribution is -2.57. The van der Waals surface area contributed by atoms with Crippen molar-refractivity contribution < 1.29 is 33.4 Å². The number of thiazole rings is 1. The van der Waals surface area contributed by atoms with Crippen LogP contribution in [0.25, 0.3) is 21.6 Å². The minimum Gasteiger partial charge on any atom is -0.489 e. The van der Waals surface area contributed by atoms with Gasteiger partial charge in [0.15, 0.2) is 11.6 Å². The van der Waals surface area contributed by atoms with Crippen LogP contribution in [0.3, 0.4) is 0 Å². The summed E-state index contributed by atoms with van der Waals surface area (Å²) in [6.07, 6.45) is 5.82. The maximum absolute atomic E-state index is 14.1. The van der Waals surface area contributed by atoms with E-state index in [0.29, 0.717) is 42.3 Å². The second-order valence-corrected chi connectivity index (χ2v) is 19.4. The molecule has 2 fully saturated rings. The van der Waals surface area contributed by atoms with E-state index in [1.165, 1.54) is 17.0 Å². The highest BCUT2D eigenvalue weighted by molar-refractivity contribution is 7.13. The van der Waals surface area contributed by atoms with Crippen molar-refractivity contribution in [1.82, 2.24) is 40.2 Å². The number of likely N-dealkylation sites (tertiary alicyclic amines) is 2. The standard InChI is InChI=1S/C47H54Cl2FN9O6S/c1-27-42(66-26-54-27)29-7-5-28(6-8-29)21-53-45(63)37-20-33(60)25-58(37)46(64)43(47(2,3)4)56-39(61)11-12-40(62)57-16-13-32(14-17-57)59-24-31(23-55-59)30-19-38(44(51)52-22-30)65-18-15-34-35(48)9-10-36(50)41(34)49/h5-10,19,22-24,26,32-33,37,43,60H,11-18,20-21,25H2,1-4H3,(H2,51,52)(H,53,63)(H,56,61)/t33-,37+,43-/m1/s1. The Morgan fingerprint density at radius 3 is 2.45 bits per heavy atom. The SMILES string of the molecule is Cc1ncsc1-c1ccc(CNC(=O)[C@@H]2C[C@@H](O)CN2C(=O)[C@@H](NC(=O)CCC(=O)N2CCC(n3cc(-c4cnc(N)c(OCCc5c(Cl)ccc(F)c5Cl)c4)cn3)CC2)C(C)(C)C)cc1. The molecule has 2 aliphatic heterocycles. The lowest BCUT2D eigenvalue weighted by atomic mass is 9.85. The molecule has 3 aromatic heterocycles. The number of carbonyl (C=O) groups excluding carboxylic acids is 4. The Hall–Kier alpha value is -5.62. The number of nitrogens with two attached hydrogens (primary N) is 1. The first kappa shape index (κ1) is 48.3. The number of benzene rings is 2. The number of hydrogen-bond acceptors (Lipinski definition) is 11. The van der Waals surface area contributed by atoms with Gasteiger partial charge in [-0.25, -0.2) is 14.4 Å². The van der Waals surface area contributed by atoms with Crippen LogP contribution < -0.4 is 21.1 Å². The van der Waals surface area contributed by atoms with Gasteiger partial charge in [0.05, 0.1) is 46.1 Å². The molecular weight excluding hydrogens is 909 g/mol. The molecule has 3 atom stereocenters. The molecule has 0 spiro atoms. The summed E-state index contributed by atoms with van der Waals surface area (Å²) >= 11 is 13.9. The molecule has 66 heavy (non-hydrogen) atoms. The van der Waals surface area contributed by atoms with E-state index in [1.807, 2.05) is 62.8 Å². The summed E-state index contributed by atoms with van der Waals surface area (Å²) in [7, 11) is 0. The first-order valence-electron chi connectivity index (χ1n) is 21.8. The third kappa shape index (κ3) is 11.5. The van der Waals surface area contributed by atoms with Gasteiger partial charge >= 0.3 is 0 Å². The molecule has 0 bridgehead atoms. The highest BCUT2D eigenvalue weighted by atomic mass is 35.5. The topological polar surface area (TPSA) is 198 Å². The van der Waals surface area contributed by atoms with Gasteiger partial charge in [0, 0.05) is 80.4 Å². The Bertz CT molecular complexity index is 2560. The van der Waals surface area contributed by atoms with Crippen molar-refractivity contribution in [2.24, 2.45) is 5.41 Å². The summed E-state index contributed by atoms with van der Waals surface area (Å²) in [5.74, 6) is -1.51. The maximum Gasteiger partial charge on any atom is 0.246 e. The van der Waals surface area contributed by atoms with E-state index in [1.54, 1.807) is 40.2 Å². The summed E-state index contributed by atoms with van der Waals surface area (Å²) in [6.45, 7) is 8.69. The average Bonchev–Trinajstić information content (AvgIpc) is 4.07. The fourth-order valence-electron chi connectivity index (χ4n) is 8.25. The van der Waals surface area contributed by atoms with E-state index in [4.69, 9.17) is 33.7 Å². The number of aryl methyl sites for hydroxylation is 1. The molecule has 15 nitrogen and oxygen atoms in total. The summed E-state index contributed by atoms with van der Waals surface area (Å²) in [4.78, 5) is 67.1. The summed E-state index contributed by atoms with van der Waals surface area (Å²) in [6, 6.07) is 10.3. The van der Waals surface area contributed by atoms with Crippen LogP contribution in [0.1, 0.15) is 75.7 Å². The number of nitrogens with zero attached hydrogens (tertiary/aromatic N) is 6. The zero-order valence-electron chi connectivity index (χ0n) is 37.2. The van der Waals surface area contributed by atoms with E-state index in [2.05, 4.69) is 25.7 Å². The molecule has 2 saturated heterocycles. The van der Waals surface area contributed by atoms with Crippen molar-refractivity contribution in [1.29, 1.82) is 0 Å². The van der Waals surface area contributed by atoms with Crippen molar-refractivity contribution >= 4 is 64.0 Å². The van der Waals surface area contributed by atoms with Gasteiger partial charge in [-0.1, -0.05) is 68.2 Å². The number of β-amino-alcohol motifs (C(OH)–C–C–N with tert-alkyl or cyclic N) is 1. The van der Waals surface area contributed by atoms with Crippen molar-refractivity contribution in [3.05, 3.63) is 99.2 Å². The smallest absolute Gasteiger partial charge is 0.246 e. The molecule has 0 saturated carbocycles. The number of aromatic nitrogens is 4. The predicted molar refractivity (Wildman–Crippen MR) is 251 cm³/mol. The highest BCUT2D eigenvalue weighted by Crippen LogP contribution is 2.33. The number of rotatable bonds is 15. The van der Waals surface area contributed by atoms with Crippen LogP contribution in [0.5, 0.6) is 5.75 Å². The van der Waals surface area contributed by atoms with Gasteiger partial charge < -0.3 is 36.0 Å². The Balaban J connectivity index is 0.873. The number of pyridine rings is 1. The van der Waals surface area contributed by atoms with E-state index in [-0.39, 0.29) is 68.2 Å². The third-order valence-electron chi connectivity index (χ3n) is 12.0. The van der Waals surface area contributed by atoms with Crippen LogP contribution in [-0.2, 0) is 32.1 Å². The lowest BCUT2D eigenvalue weighted by molar-refractivity contribution is -0.144. The number of amides is 4. The monoisotopic (exact) mass is 961 g/mol. The molecule has 19 heteroatoms. The van der Waals surface area contributed by atoms with E-state index in [9.17, 15) is 28.7 Å². The number of anilines is 1. The van der Waals surface area contributed by atoms with E-state index in [0.717, 1.165) is 32.8 Å². The van der Waals surface area contributed by atoms with Crippen LogP contribution >= 0.6 is 34.5 Å². The maximum atomic E-state index is 14.1. The van der Waals surface area contributed by atoms with Crippen molar-refractivity contribution in [2.75, 3.05) is 32.0 Å². The Labute approximate surface area is 396 Å². The summed E-state index contributed by atoms with van der Waals surface area (Å²) in [5.41, 5.74) is 12.0. The fraction of sp³-hybridized carbons (Fsp3) is 0.426. The minimum atomic E-state index is -1.01. The molecule has 350 valence electrons. The molecule has 5 aromatic rings. The van der Waals surface area contributed by atoms with Gasteiger partial charge in [-0.05, 0) is 60.1 Å². The van der Waals surface area contributed by atoms with Crippen LogP contribution in [0.15, 0.2) is 66.6 Å². The Morgan fingerprint density at radius 1 is 1.02 bits per heavy atom. The number of aliphatic hydroxyl groups excluding tert-OH is 1. The number of aliphatic hydroxyl groups is 1. The molecule has 7 rings (SSSR count). The van der Waals surface area contributed by atoms with E-state index >= 15 is 0 Å². The van der Waals surface area contributed by atoms with Crippen molar-refractivity contribution in [3.63, 3.8) is 0 Å².